The molecule has 3 N–H and O–H groups in total. The second kappa shape index (κ2) is 6.56. The highest BCUT2D eigenvalue weighted by molar-refractivity contribution is 5.78. The molecule has 9 heteroatoms. The van der Waals surface area contributed by atoms with Gasteiger partial charge in [-0.3, -0.25) is 0 Å². The minimum atomic E-state index is -4.20. The van der Waals surface area contributed by atoms with Crippen LogP contribution in [0.1, 0.15) is 6.42 Å². The number of rotatable bonds is 3. The van der Waals surface area contributed by atoms with Gasteiger partial charge >= 0.3 is 6.18 Å². The summed E-state index contributed by atoms with van der Waals surface area (Å²) in [6.07, 6.45) is 0.784. The fourth-order valence-corrected chi connectivity index (χ4v) is 3.18. The van der Waals surface area contributed by atoms with Crippen LogP contribution in [0.5, 0.6) is 0 Å². The molecule has 0 bridgehead atoms. The van der Waals surface area contributed by atoms with Gasteiger partial charge in [0.25, 0.3) is 0 Å². The van der Waals surface area contributed by atoms with Crippen LogP contribution in [0.3, 0.4) is 0 Å². The number of hydrogen-bond acceptors (Lipinski definition) is 5. The molecule has 1 aliphatic heterocycles. The lowest BCUT2D eigenvalue weighted by atomic mass is 9.95. The first-order chi connectivity index (χ1) is 12.5. The zero-order chi connectivity index (χ0) is 18.1. The Balaban J connectivity index is 1.59. The molecule has 0 spiro atoms. The summed E-state index contributed by atoms with van der Waals surface area (Å²) >= 11 is 0. The molecule has 1 fully saturated rings. The van der Waals surface area contributed by atoms with Gasteiger partial charge in [0.05, 0.1) is 17.8 Å². The summed E-state index contributed by atoms with van der Waals surface area (Å²) in [6.45, 7) is 0.400. The van der Waals surface area contributed by atoms with E-state index >= 15 is 0 Å². The number of nitrogens with zero attached hydrogens (tertiary/aromatic N) is 3. The molecule has 1 saturated heterocycles. The number of H-pyrrole nitrogens is 1. The van der Waals surface area contributed by atoms with Gasteiger partial charge in [0.15, 0.2) is 5.65 Å². The molecule has 4 heterocycles. The van der Waals surface area contributed by atoms with Crippen LogP contribution in [0.15, 0.2) is 36.8 Å². The Kier molecular flexibility index (Phi) is 4.23. The molecule has 4 rings (SSSR count). The van der Waals surface area contributed by atoms with Gasteiger partial charge in [-0.15, -0.1) is 0 Å². The first-order valence-electron chi connectivity index (χ1n) is 8.30. The van der Waals surface area contributed by atoms with Crippen molar-refractivity contribution in [3.63, 3.8) is 0 Å². The van der Waals surface area contributed by atoms with E-state index < -0.39 is 12.1 Å². The fraction of sp³-hybridized carbons (Fsp3) is 0.353. The van der Waals surface area contributed by atoms with Crippen LogP contribution in [0.4, 0.5) is 19.0 Å². The van der Waals surface area contributed by atoms with Crippen molar-refractivity contribution in [1.82, 2.24) is 25.3 Å². The quantitative estimate of drug-likeness (QED) is 0.668. The van der Waals surface area contributed by atoms with E-state index in [2.05, 4.69) is 30.6 Å². The fourth-order valence-electron chi connectivity index (χ4n) is 3.18. The smallest absolute Gasteiger partial charge is 0.365 e. The number of anilines is 1. The van der Waals surface area contributed by atoms with E-state index in [0.29, 0.717) is 34.8 Å². The van der Waals surface area contributed by atoms with E-state index in [1.165, 1.54) is 0 Å². The first kappa shape index (κ1) is 16.8. The lowest BCUT2D eigenvalue weighted by Crippen LogP contribution is -2.48. The predicted molar refractivity (Wildman–Crippen MR) is 91.6 cm³/mol. The molecule has 2 atom stereocenters. The average Bonchev–Trinajstić information content (AvgIpc) is 3.09. The van der Waals surface area contributed by atoms with Crippen LogP contribution in [0.2, 0.25) is 0 Å². The molecule has 0 unspecified atom stereocenters. The van der Waals surface area contributed by atoms with Gasteiger partial charge in [-0.25, -0.2) is 15.0 Å². The van der Waals surface area contributed by atoms with Gasteiger partial charge in [0, 0.05) is 37.1 Å². The van der Waals surface area contributed by atoms with E-state index in [4.69, 9.17) is 0 Å². The number of pyridine rings is 1. The van der Waals surface area contributed by atoms with Gasteiger partial charge < -0.3 is 15.6 Å². The molecule has 0 aromatic carbocycles. The maximum Gasteiger partial charge on any atom is 0.393 e. The van der Waals surface area contributed by atoms with Gasteiger partial charge in [-0.05, 0) is 24.6 Å². The van der Waals surface area contributed by atoms with Crippen molar-refractivity contribution in [3.05, 3.63) is 36.8 Å². The Morgan fingerprint density at radius 2 is 2.04 bits per heavy atom. The van der Waals surface area contributed by atoms with Gasteiger partial charge in [-0.1, -0.05) is 0 Å². The Hall–Kier alpha value is -2.68. The predicted octanol–water partition coefficient (Wildman–Crippen LogP) is 2.97. The summed E-state index contributed by atoms with van der Waals surface area (Å²) in [5.41, 5.74) is 2.71. The van der Waals surface area contributed by atoms with Crippen molar-refractivity contribution in [1.29, 1.82) is 0 Å². The van der Waals surface area contributed by atoms with Crippen LogP contribution in [-0.4, -0.2) is 45.2 Å². The molecule has 136 valence electrons. The van der Waals surface area contributed by atoms with Crippen LogP contribution < -0.4 is 10.6 Å². The maximum absolute atomic E-state index is 13.0. The topological polar surface area (TPSA) is 78.5 Å². The molecule has 0 saturated carbocycles. The summed E-state index contributed by atoms with van der Waals surface area (Å²) in [5, 5.41) is 5.99. The SMILES string of the molecule is FC(F)(F)[C@@H]1CNC[C@@H](Nc2ncccc2-c2cnc3[nH]ccc3n2)C1. The number of nitrogens with one attached hydrogen (secondary N) is 3. The molecular formula is C17H17F3N6. The van der Waals surface area contributed by atoms with E-state index in [0.717, 1.165) is 0 Å². The van der Waals surface area contributed by atoms with Crippen LogP contribution in [0, 0.1) is 5.92 Å². The zero-order valence-corrected chi connectivity index (χ0v) is 13.7. The molecule has 3 aromatic rings. The molecule has 1 aliphatic rings. The van der Waals surface area contributed by atoms with Gasteiger partial charge in [0.1, 0.15) is 11.3 Å². The Morgan fingerprint density at radius 1 is 1.15 bits per heavy atom. The summed E-state index contributed by atoms with van der Waals surface area (Å²) in [7, 11) is 0. The number of piperidine rings is 1. The number of halogens is 3. The van der Waals surface area contributed by atoms with Crippen molar-refractivity contribution in [2.24, 2.45) is 5.92 Å². The largest absolute Gasteiger partial charge is 0.393 e. The van der Waals surface area contributed by atoms with Crippen LogP contribution >= 0.6 is 0 Å². The Morgan fingerprint density at radius 3 is 2.88 bits per heavy atom. The van der Waals surface area contributed by atoms with Crippen molar-refractivity contribution in [3.8, 4) is 11.3 Å². The van der Waals surface area contributed by atoms with E-state index in [-0.39, 0.29) is 19.0 Å². The molecule has 3 aromatic heterocycles. The van der Waals surface area contributed by atoms with E-state index in [1.807, 2.05) is 12.1 Å². The average molecular weight is 362 g/mol. The number of hydrogen-bond donors (Lipinski definition) is 3. The molecule has 0 aliphatic carbocycles. The molecule has 26 heavy (non-hydrogen) atoms. The third-order valence-electron chi connectivity index (χ3n) is 4.50. The second-order valence-electron chi connectivity index (χ2n) is 6.34. The van der Waals surface area contributed by atoms with Crippen molar-refractivity contribution in [2.45, 2.75) is 18.6 Å². The van der Waals surface area contributed by atoms with Crippen LogP contribution in [0.25, 0.3) is 22.4 Å². The minimum Gasteiger partial charge on any atom is -0.365 e. The lowest BCUT2D eigenvalue weighted by molar-refractivity contribution is -0.178. The summed E-state index contributed by atoms with van der Waals surface area (Å²) in [5.74, 6) is -0.858. The molecule has 0 radical (unpaired) electrons. The molecular weight excluding hydrogens is 345 g/mol. The van der Waals surface area contributed by atoms with Gasteiger partial charge in [0.2, 0.25) is 0 Å². The third kappa shape index (κ3) is 3.34. The monoisotopic (exact) mass is 362 g/mol. The molecule has 0 amide bonds. The normalized spacial score (nSPS) is 21.0. The lowest BCUT2D eigenvalue weighted by Gasteiger charge is -2.32. The number of aromatic amines is 1. The summed E-state index contributed by atoms with van der Waals surface area (Å²) < 4.78 is 39.0. The Bertz CT molecular complexity index is 907. The summed E-state index contributed by atoms with van der Waals surface area (Å²) in [6, 6.07) is 5.04. The standard InChI is InChI=1S/C17H17F3N6/c18-17(19,20)10-6-11(8-21-7-10)25-15-12(2-1-4-22-15)14-9-24-16-13(26-14)3-5-23-16/h1-5,9-11,21H,6-8H2,(H,22,25)(H,23,24)/t10-,11-/m0/s1. The van der Waals surface area contributed by atoms with E-state index in [1.54, 1.807) is 24.7 Å². The van der Waals surface area contributed by atoms with Crippen molar-refractivity contribution >= 4 is 17.0 Å². The van der Waals surface area contributed by atoms with Crippen molar-refractivity contribution in [2.75, 3.05) is 18.4 Å². The zero-order valence-electron chi connectivity index (χ0n) is 13.7. The summed E-state index contributed by atoms with van der Waals surface area (Å²) in [4.78, 5) is 16.1. The van der Waals surface area contributed by atoms with Gasteiger partial charge in [-0.2, -0.15) is 13.2 Å². The highest BCUT2D eigenvalue weighted by Crippen LogP contribution is 2.32. The highest BCUT2D eigenvalue weighted by atomic mass is 19.4. The minimum absolute atomic E-state index is 0.00897. The number of aromatic nitrogens is 4. The number of fused-ring (bicyclic) bond motifs is 1. The first-order valence-corrected chi connectivity index (χ1v) is 8.30. The number of alkyl halides is 3. The maximum atomic E-state index is 13.0. The molecule has 6 nitrogen and oxygen atoms in total. The highest BCUT2D eigenvalue weighted by Gasteiger charge is 2.42. The second-order valence-corrected chi connectivity index (χ2v) is 6.34. The Labute approximate surface area is 147 Å². The van der Waals surface area contributed by atoms with Crippen molar-refractivity contribution < 1.29 is 13.2 Å². The van der Waals surface area contributed by atoms with Crippen LogP contribution in [-0.2, 0) is 0 Å². The third-order valence-corrected chi connectivity index (χ3v) is 4.50. The van der Waals surface area contributed by atoms with E-state index in [9.17, 15) is 13.2 Å².